The highest BCUT2D eigenvalue weighted by Crippen LogP contribution is 2.31. The lowest BCUT2D eigenvalue weighted by atomic mass is 10.2. The van der Waals surface area contributed by atoms with E-state index in [-0.39, 0.29) is 0 Å². The van der Waals surface area contributed by atoms with Gasteiger partial charge < -0.3 is 10.2 Å². The molecule has 1 aliphatic heterocycles. The molecule has 1 fully saturated rings. The Balaban J connectivity index is 1.27. The Labute approximate surface area is 179 Å². The van der Waals surface area contributed by atoms with E-state index in [0.29, 0.717) is 13.1 Å². The fraction of sp³-hybridized carbons (Fsp3) is 0.300. The molecule has 5 nitrogen and oxygen atoms in total. The van der Waals surface area contributed by atoms with Gasteiger partial charge in [0.05, 0.1) is 10.2 Å². The molecule has 2 heterocycles. The highest BCUT2D eigenvalue weighted by atomic mass is 79.9. The number of carbonyl (C=O) groups excluding carboxylic acids is 1. The summed E-state index contributed by atoms with van der Waals surface area (Å²) < 4.78 is 29.5. The maximum atomic E-state index is 13.7. The number of halogens is 3. The fourth-order valence-electron chi connectivity index (χ4n) is 3.31. The molecule has 4 rings (SSSR count). The molecule has 0 saturated carbocycles. The van der Waals surface area contributed by atoms with Crippen molar-refractivity contribution in [1.82, 2.24) is 15.2 Å². The van der Waals surface area contributed by atoms with Gasteiger partial charge in [0, 0.05) is 43.7 Å². The molecule has 152 valence electrons. The van der Waals surface area contributed by atoms with E-state index in [2.05, 4.69) is 37.1 Å². The normalized spacial score (nSPS) is 15.1. The van der Waals surface area contributed by atoms with Gasteiger partial charge in [0.1, 0.15) is 17.2 Å². The van der Waals surface area contributed by atoms with Gasteiger partial charge in [-0.3, -0.25) is 9.69 Å². The van der Waals surface area contributed by atoms with Crippen molar-refractivity contribution in [3.8, 4) is 0 Å². The third-order valence-corrected chi connectivity index (χ3v) is 6.46. The first kappa shape index (κ1) is 20.2. The van der Waals surface area contributed by atoms with Crippen molar-refractivity contribution in [2.45, 2.75) is 0 Å². The average Bonchev–Trinajstić information content (AvgIpc) is 3.11. The van der Waals surface area contributed by atoms with Gasteiger partial charge in [-0.15, -0.1) is 0 Å². The lowest BCUT2D eigenvalue weighted by molar-refractivity contribution is 0.0939. The van der Waals surface area contributed by atoms with E-state index in [9.17, 15) is 13.6 Å². The third-order valence-electron chi connectivity index (χ3n) is 4.89. The number of anilines is 1. The number of hydrogen-bond donors (Lipinski definition) is 1. The average molecular weight is 481 g/mol. The summed E-state index contributed by atoms with van der Waals surface area (Å²) in [6.07, 6.45) is 0. The number of nitrogens with zero attached hydrogens (tertiary/aromatic N) is 3. The number of nitrogens with one attached hydrogen (secondary N) is 1. The van der Waals surface area contributed by atoms with Crippen LogP contribution in [-0.4, -0.2) is 55.1 Å². The van der Waals surface area contributed by atoms with Gasteiger partial charge in [-0.2, -0.15) is 0 Å². The number of carbonyl (C=O) groups is 1. The first-order valence-electron chi connectivity index (χ1n) is 9.27. The lowest BCUT2D eigenvalue weighted by Crippen LogP contribution is -2.48. The first-order valence-corrected chi connectivity index (χ1v) is 10.9. The van der Waals surface area contributed by atoms with Gasteiger partial charge in [-0.1, -0.05) is 33.3 Å². The summed E-state index contributed by atoms with van der Waals surface area (Å²) in [5.74, 6) is -2.42. The Morgan fingerprint density at radius 3 is 2.59 bits per heavy atom. The van der Waals surface area contributed by atoms with Crippen LogP contribution in [0.15, 0.2) is 40.9 Å². The van der Waals surface area contributed by atoms with Gasteiger partial charge in [0.15, 0.2) is 5.13 Å². The number of amides is 1. The van der Waals surface area contributed by atoms with E-state index in [1.165, 1.54) is 6.07 Å². The number of hydrogen-bond acceptors (Lipinski definition) is 5. The monoisotopic (exact) mass is 480 g/mol. The molecule has 0 radical (unpaired) electrons. The number of fused-ring (bicyclic) bond motifs is 1. The van der Waals surface area contributed by atoms with Crippen LogP contribution >= 0.6 is 27.3 Å². The zero-order valence-electron chi connectivity index (χ0n) is 15.5. The van der Waals surface area contributed by atoms with Crippen LogP contribution in [0.25, 0.3) is 10.2 Å². The minimum Gasteiger partial charge on any atom is -0.351 e. The molecule has 0 aliphatic carbocycles. The molecule has 0 atom stereocenters. The van der Waals surface area contributed by atoms with Crippen LogP contribution in [0.5, 0.6) is 0 Å². The van der Waals surface area contributed by atoms with Crippen LogP contribution in [0.1, 0.15) is 10.4 Å². The number of aromatic nitrogens is 1. The number of piperazine rings is 1. The minimum atomic E-state index is -0.848. The van der Waals surface area contributed by atoms with Crippen molar-refractivity contribution in [3.63, 3.8) is 0 Å². The topological polar surface area (TPSA) is 48.5 Å². The van der Waals surface area contributed by atoms with Crippen LogP contribution in [0.3, 0.4) is 0 Å². The number of benzene rings is 2. The van der Waals surface area contributed by atoms with E-state index < -0.39 is 23.1 Å². The van der Waals surface area contributed by atoms with Crippen LogP contribution in [0.4, 0.5) is 13.9 Å². The van der Waals surface area contributed by atoms with Crippen molar-refractivity contribution >= 4 is 48.5 Å². The maximum Gasteiger partial charge on any atom is 0.257 e. The zero-order chi connectivity index (χ0) is 20.4. The molecule has 1 aliphatic rings. The fourth-order valence-corrected chi connectivity index (χ4v) is 4.88. The van der Waals surface area contributed by atoms with E-state index in [4.69, 9.17) is 4.98 Å². The van der Waals surface area contributed by atoms with Crippen LogP contribution in [0, 0.1) is 11.6 Å². The smallest absolute Gasteiger partial charge is 0.257 e. The lowest BCUT2D eigenvalue weighted by Gasteiger charge is -2.34. The standard InChI is InChI=1S/C20H19BrF2N4OS/c21-13-4-5-16-17(12-13)29-20(25-16)27-10-8-26(9-11-27)7-6-24-19(28)18-14(22)2-1-3-15(18)23/h1-5,12H,6-11H2,(H,24,28). The van der Waals surface area contributed by atoms with Gasteiger partial charge in [-0.25, -0.2) is 13.8 Å². The summed E-state index contributed by atoms with van der Waals surface area (Å²) in [6, 6.07) is 9.48. The molecule has 0 bridgehead atoms. The van der Waals surface area contributed by atoms with Crippen molar-refractivity contribution < 1.29 is 13.6 Å². The zero-order valence-corrected chi connectivity index (χ0v) is 17.9. The van der Waals surface area contributed by atoms with Gasteiger partial charge in [0.25, 0.3) is 5.91 Å². The summed E-state index contributed by atoms with van der Waals surface area (Å²) in [4.78, 5) is 21.2. The molecule has 1 amide bonds. The van der Waals surface area contributed by atoms with E-state index in [0.717, 1.165) is 58.1 Å². The molecular weight excluding hydrogens is 462 g/mol. The third kappa shape index (κ3) is 4.57. The van der Waals surface area contributed by atoms with E-state index in [1.54, 1.807) is 11.3 Å². The first-order chi connectivity index (χ1) is 14.0. The summed E-state index contributed by atoms with van der Waals surface area (Å²) >= 11 is 5.17. The van der Waals surface area contributed by atoms with Crippen molar-refractivity contribution in [2.24, 2.45) is 0 Å². The number of thiazole rings is 1. The Kier molecular flexibility index (Phi) is 6.07. The van der Waals surface area contributed by atoms with Crippen LogP contribution in [0.2, 0.25) is 0 Å². The summed E-state index contributed by atoms with van der Waals surface area (Å²) in [6.45, 7) is 4.32. The van der Waals surface area contributed by atoms with Gasteiger partial charge in [-0.05, 0) is 30.3 Å². The highest BCUT2D eigenvalue weighted by Gasteiger charge is 2.21. The second-order valence-electron chi connectivity index (χ2n) is 6.79. The molecule has 0 spiro atoms. The molecule has 1 saturated heterocycles. The van der Waals surface area contributed by atoms with E-state index in [1.807, 2.05) is 12.1 Å². The Hall–Kier alpha value is -2.10. The van der Waals surface area contributed by atoms with Crippen molar-refractivity contribution in [3.05, 3.63) is 58.1 Å². The second kappa shape index (κ2) is 8.73. The molecule has 29 heavy (non-hydrogen) atoms. The molecular formula is C20H19BrF2N4OS. The highest BCUT2D eigenvalue weighted by molar-refractivity contribution is 9.10. The quantitative estimate of drug-likeness (QED) is 0.601. The maximum absolute atomic E-state index is 13.7. The van der Waals surface area contributed by atoms with Gasteiger partial charge in [0.2, 0.25) is 0 Å². The van der Waals surface area contributed by atoms with Crippen LogP contribution < -0.4 is 10.2 Å². The molecule has 1 aromatic heterocycles. The van der Waals surface area contributed by atoms with Crippen molar-refractivity contribution in [2.75, 3.05) is 44.2 Å². The molecule has 1 N–H and O–H groups in total. The number of rotatable bonds is 5. The Bertz CT molecular complexity index is 1020. The summed E-state index contributed by atoms with van der Waals surface area (Å²) in [7, 11) is 0. The van der Waals surface area contributed by atoms with E-state index >= 15 is 0 Å². The largest absolute Gasteiger partial charge is 0.351 e. The molecule has 9 heteroatoms. The summed E-state index contributed by atoms with van der Waals surface area (Å²) in [5, 5.41) is 3.62. The Morgan fingerprint density at radius 1 is 1.14 bits per heavy atom. The minimum absolute atomic E-state index is 0.335. The van der Waals surface area contributed by atoms with Gasteiger partial charge >= 0.3 is 0 Å². The molecule has 2 aromatic carbocycles. The predicted octanol–water partition coefficient (Wildman–Crippen LogP) is 3.89. The summed E-state index contributed by atoms with van der Waals surface area (Å²) in [5.41, 5.74) is 0.471. The Morgan fingerprint density at radius 2 is 1.86 bits per heavy atom. The SMILES string of the molecule is O=C(NCCN1CCN(c2nc3ccc(Br)cc3s2)CC1)c1c(F)cccc1F. The van der Waals surface area contributed by atoms with Crippen molar-refractivity contribution in [1.29, 1.82) is 0 Å². The van der Waals surface area contributed by atoms with Crippen LogP contribution in [-0.2, 0) is 0 Å². The predicted molar refractivity (Wildman–Crippen MR) is 115 cm³/mol. The molecule has 3 aromatic rings. The second-order valence-corrected chi connectivity index (χ2v) is 8.71. The molecule has 0 unspecified atom stereocenters.